The van der Waals surface area contributed by atoms with Gasteiger partial charge in [-0.2, -0.15) is 0 Å². The summed E-state index contributed by atoms with van der Waals surface area (Å²) in [7, 11) is 0. The number of nitrogens with one attached hydrogen (secondary N) is 1. The molecule has 4 heteroatoms. The van der Waals surface area contributed by atoms with E-state index in [1.807, 2.05) is 0 Å². The van der Waals surface area contributed by atoms with Gasteiger partial charge in [-0.3, -0.25) is 9.69 Å². The van der Waals surface area contributed by atoms with Crippen molar-refractivity contribution in [1.82, 2.24) is 15.1 Å². The molecule has 0 aromatic rings. The molecule has 1 amide bonds. The second-order valence-corrected chi connectivity index (χ2v) is 7.41. The van der Waals surface area contributed by atoms with E-state index in [4.69, 9.17) is 0 Å². The lowest BCUT2D eigenvalue weighted by molar-refractivity contribution is -0.135. The van der Waals surface area contributed by atoms with E-state index < -0.39 is 0 Å². The summed E-state index contributed by atoms with van der Waals surface area (Å²) >= 11 is 0. The molecule has 3 aliphatic rings. The summed E-state index contributed by atoms with van der Waals surface area (Å²) in [6.45, 7) is 9.22. The molecule has 3 saturated heterocycles. The second kappa shape index (κ2) is 6.02. The molecule has 4 nitrogen and oxygen atoms in total. The maximum atomic E-state index is 12.5. The lowest BCUT2D eigenvalue weighted by atomic mass is 9.92. The van der Waals surface area contributed by atoms with E-state index in [1.54, 1.807) is 0 Å². The summed E-state index contributed by atoms with van der Waals surface area (Å²) in [6, 6.07) is 1.32. The van der Waals surface area contributed by atoms with E-state index >= 15 is 0 Å². The molecule has 4 atom stereocenters. The summed E-state index contributed by atoms with van der Waals surface area (Å²) < 4.78 is 0. The monoisotopic (exact) mass is 279 g/mol. The van der Waals surface area contributed by atoms with E-state index in [2.05, 4.69) is 29.0 Å². The van der Waals surface area contributed by atoms with Gasteiger partial charge in [0.25, 0.3) is 0 Å². The van der Waals surface area contributed by atoms with Crippen molar-refractivity contribution in [2.75, 3.05) is 32.7 Å². The average Bonchev–Trinajstić information content (AvgIpc) is 2.71. The Morgan fingerprint density at radius 2 is 1.75 bits per heavy atom. The summed E-state index contributed by atoms with van der Waals surface area (Å²) in [5, 5.41) is 3.68. The molecule has 0 radical (unpaired) electrons. The Bertz CT molecular complexity index is 350. The zero-order chi connectivity index (χ0) is 14.1. The Kier molecular flexibility index (Phi) is 4.32. The average molecular weight is 279 g/mol. The van der Waals surface area contributed by atoms with Crippen molar-refractivity contribution in [3.05, 3.63) is 0 Å². The zero-order valence-corrected chi connectivity index (χ0v) is 13.0. The van der Waals surface area contributed by atoms with Crippen LogP contribution in [0.5, 0.6) is 0 Å². The Morgan fingerprint density at radius 3 is 2.50 bits per heavy atom. The second-order valence-electron chi connectivity index (χ2n) is 7.41. The quantitative estimate of drug-likeness (QED) is 0.828. The van der Waals surface area contributed by atoms with Crippen LogP contribution in [0.3, 0.4) is 0 Å². The van der Waals surface area contributed by atoms with Crippen LogP contribution in [0.15, 0.2) is 0 Å². The number of nitrogens with zero attached hydrogens (tertiary/aromatic N) is 2. The smallest absolute Gasteiger partial charge is 0.236 e. The SMILES string of the molecule is CC1CC(C)CN(C(=O)CN2CCC3CCC(C2)N3)C1. The van der Waals surface area contributed by atoms with Gasteiger partial charge in [0.2, 0.25) is 5.91 Å². The summed E-state index contributed by atoms with van der Waals surface area (Å²) in [6.07, 6.45) is 5.08. The van der Waals surface area contributed by atoms with Crippen LogP contribution in [-0.4, -0.2) is 60.5 Å². The number of carbonyl (C=O) groups excluding carboxylic acids is 1. The molecule has 3 heterocycles. The summed E-state index contributed by atoms with van der Waals surface area (Å²) in [4.78, 5) is 17.0. The van der Waals surface area contributed by atoms with Gasteiger partial charge in [-0.05, 0) is 37.5 Å². The number of rotatable bonds is 2. The summed E-state index contributed by atoms with van der Waals surface area (Å²) in [5.74, 6) is 1.66. The standard InChI is InChI=1S/C16H29N3O/c1-12-7-13(2)9-19(8-12)16(20)11-18-6-5-14-3-4-15(10-18)17-14/h12-15,17H,3-11H2,1-2H3. The van der Waals surface area contributed by atoms with Crippen LogP contribution < -0.4 is 5.32 Å². The Labute approximate surface area is 122 Å². The minimum atomic E-state index is 0.348. The number of hydrogen-bond acceptors (Lipinski definition) is 3. The molecule has 0 aliphatic carbocycles. The van der Waals surface area contributed by atoms with Gasteiger partial charge in [0, 0.05) is 38.3 Å². The van der Waals surface area contributed by atoms with Crippen molar-refractivity contribution >= 4 is 5.91 Å². The topological polar surface area (TPSA) is 35.6 Å². The molecular weight excluding hydrogens is 250 g/mol. The van der Waals surface area contributed by atoms with Crippen LogP contribution in [0.25, 0.3) is 0 Å². The van der Waals surface area contributed by atoms with Gasteiger partial charge >= 0.3 is 0 Å². The van der Waals surface area contributed by atoms with Crippen molar-refractivity contribution in [3.8, 4) is 0 Å². The lowest BCUT2D eigenvalue weighted by Gasteiger charge is -2.36. The fourth-order valence-corrected chi connectivity index (χ4v) is 4.32. The normalized spacial score (nSPS) is 38.8. The third-order valence-electron chi connectivity index (χ3n) is 5.19. The highest BCUT2D eigenvalue weighted by atomic mass is 16.2. The van der Waals surface area contributed by atoms with E-state index in [-0.39, 0.29) is 0 Å². The molecule has 20 heavy (non-hydrogen) atoms. The Balaban J connectivity index is 1.53. The lowest BCUT2D eigenvalue weighted by Crippen LogP contribution is -2.48. The van der Waals surface area contributed by atoms with Gasteiger partial charge in [-0.1, -0.05) is 13.8 Å². The largest absolute Gasteiger partial charge is 0.341 e. The molecule has 4 unspecified atom stereocenters. The minimum absolute atomic E-state index is 0.348. The predicted molar refractivity (Wildman–Crippen MR) is 80.5 cm³/mol. The highest BCUT2D eigenvalue weighted by molar-refractivity contribution is 5.78. The molecular formula is C16H29N3O. The van der Waals surface area contributed by atoms with E-state index in [9.17, 15) is 4.79 Å². The van der Waals surface area contributed by atoms with Crippen LogP contribution in [0.2, 0.25) is 0 Å². The molecule has 2 bridgehead atoms. The number of carbonyl (C=O) groups is 1. The Morgan fingerprint density at radius 1 is 1.05 bits per heavy atom. The molecule has 3 aliphatic heterocycles. The third kappa shape index (κ3) is 3.34. The molecule has 0 spiro atoms. The first-order chi connectivity index (χ1) is 9.60. The maximum Gasteiger partial charge on any atom is 0.236 e. The van der Waals surface area contributed by atoms with Crippen LogP contribution in [0, 0.1) is 11.8 Å². The fraction of sp³-hybridized carbons (Fsp3) is 0.938. The highest BCUT2D eigenvalue weighted by Gasteiger charge is 2.31. The van der Waals surface area contributed by atoms with Gasteiger partial charge in [-0.25, -0.2) is 0 Å². The third-order valence-corrected chi connectivity index (χ3v) is 5.19. The van der Waals surface area contributed by atoms with Crippen molar-refractivity contribution in [3.63, 3.8) is 0 Å². The van der Waals surface area contributed by atoms with Gasteiger partial charge in [0.05, 0.1) is 6.54 Å². The minimum Gasteiger partial charge on any atom is -0.341 e. The van der Waals surface area contributed by atoms with Crippen LogP contribution in [0.1, 0.15) is 39.5 Å². The zero-order valence-electron chi connectivity index (χ0n) is 13.0. The van der Waals surface area contributed by atoms with Crippen molar-refractivity contribution < 1.29 is 4.79 Å². The number of fused-ring (bicyclic) bond motifs is 2. The number of amides is 1. The number of likely N-dealkylation sites (tertiary alicyclic amines) is 2. The molecule has 0 aromatic carbocycles. The number of piperidine rings is 1. The van der Waals surface area contributed by atoms with E-state index in [0.29, 0.717) is 36.4 Å². The molecule has 0 saturated carbocycles. The predicted octanol–water partition coefficient (Wildman–Crippen LogP) is 1.32. The van der Waals surface area contributed by atoms with Gasteiger partial charge in [0.15, 0.2) is 0 Å². The van der Waals surface area contributed by atoms with Crippen LogP contribution >= 0.6 is 0 Å². The van der Waals surface area contributed by atoms with Gasteiger partial charge in [0.1, 0.15) is 0 Å². The van der Waals surface area contributed by atoms with Crippen LogP contribution in [-0.2, 0) is 4.79 Å². The Hall–Kier alpha value is -0.610. The first-order valence-corrected chi connectivity index (χ1v) is 8.36. The van der Waals surface area contributed by atoms with Crippen LogP contribution in [0.4, 0.5) is 0 Å². The first-order valence-electron chi connectivity index (χ1n) is 8.36. The number of hydrogen-bond donors (Lipinski definition) is 1. The molecule has 3 rings (SSSR count). The van der Waals surface area contributed by atoms with Gasteiger partial charge < -0.3 is 10.2 Å². The van der Waals surface area contributed by atoms with E-state index in [1.165, 1.54) is 25.7 Å². The molecule has 114 valence electrons. The molecule has 3 fully saturated rings. The maximum absolute atomic E-state index is 12.5. The molecule has 0 aromatic heterocycles. The van der Waals surface area contributed by atoms with Crippen molar-refractivity contribution in [1.29, 1.82) is 0 Å². The summed E-state index contributed by atoms with van der Waals surface area (Å²) in [5.41, 5.74) is 0. The van der Waals surface area contributed by atoms with E-state index in [0.717, 1.165) is 26.2 Å². The highest BCUT2D eigenvalue weighted by Crippen LogP contribution is 2.23. The van der Waals surface area contributed by atoms with Crippen molar-refractivity contribution in [2.45, 2.75) is 51.6 Å². The van der Waals surface area contributed by atoms with Gasteiger partial charge in [-0.15, -0.1) is 0 Å². The first kappa shape index (κ1) is 14.3. The molecule has 1 N–H and O–H groups in total. The van der Waals surface area contributed by atoms with Crippen molar-refractivity contribution in [2.24, 2.45) is 11.8 Å². The fourth-order valence-electron chi connectivity index (χ4n) is 4.32.